The van der Waals surface area contributed by atoms with Crippen LogP contribution in [0.4, 0.5) is 0 Å². The molecule has 1 aromatic heterocycles. The summed E-state index contributed by atoms with van der Waals surface area (Å²) in [5.74, 6) is 1.26. The van der Waals surface area contributed by atoms with E-state index in [2.05, 4.69) is 9.80 Å². The molecule has 0 radical (unpaired) electrons. The molecule has 1 saturated heterocycles. The Kier molecular flexibility index (Phi) is 6.88. The van der Waals surface area contributed by atoms with Crippen molar-refractivity contribution in [2.75, 3.05) is 53.6 Å². The first-order chi connectivity index (χ1) is 16.0. The molecule has 1 fully saturated rings. The number of piperazine rings is 1. The molecule has 0 aliphatic carbocycles. The Labute approximate surface area is 192 Å². The highest BCUT2D eigenvalue weighted by Crippen LogP contribution is 2.37. The van der Waals surface area contributed by atoms with Crippen molar-refractivity contribution >= 4 is 11.0 Å². The quantitative estimate of drug-likeness (QED) is 0.526. The van der Waals surface area contributed by atoms with Crippen molar-refractivity contribution in [3.63, 3.8) is 0 Å². The standard InChI is InChI=1S/C25H30N2O6/c1-16-18-5-6-21(29)20(15-27-10-8-26(9-11-27)12-13-28)24(18)33-25(30)23(16)19-14-17(31-2)4-7-22(19)32-3/h4-7,14,28-29H,8-13,15H2,1-3H3. The van der Waals surface area contributed by atoms with E-state index in [1.54, 1.807) is 44.6 Å². The summed E-state index contributed by atoms with van der Waals surface area (Å²) in [5, 5.41) is 20.5. The number of β-amino-alcohol motifs (C(OH)–C–C–N with tert-alkyl or cyclic N) is 1. The normalized spacial score (nSPS) is 15.2. The van der Waals surface area contributed by atoms with Crippen LogP contribution in [0.15, 0.2) is 39.5 Å². The van der Waals surface area contributed by atoms with E-state index in [0.29, 0.717) is 46.9 Å². The minimum Gasteiger partial charge on any atom is -0.507 e. The highest BCUT2D eigenvalue weighted by molar-refractivity contribution is 5.91. The topological polar surface area (TPSA) is 95.6 Å². The van der Waals surface area contributed by atoms with Crippen LogP contribution >= 0.6 is 0 Å². The molecule has 2 aromatic carbocycles. The number of fused-ring (bicyclic) bond motifs is 1. The summed E-state index contributed by atoms with van der Waals surface area (Å²) in [6.07, 6.45) is 0. The van der Waals surface area contributed by atoms with Crippen molar-refractivity contribution in [1.29, 1.82) is 0 Å². The number of aromatic hydroxyl groups is 1. The lowest BCUT2D eigenvalue weighted by Gasteiger charge is -2.34. The average Bonchev–Trinajstić information content (AvgIpc) is 2.82. The first-order valence-electron chi connectivity index (χ1n) is 11.0. The third-order valence-electron chi connectivity index (χ3n) is 6.35. The van der Waals surface area contributed by atoms with Gasteiger partial charge in [-0.15, -0.1) is 0 Å². The summed E-state index contributed by atoms with van der Waals surface area (Å²) in [6, 6.07) is 8.73. The average molecular weight is 455 g/mol. The van der Waals surface area contributed by atoms with Gasteiger partial charge in [-0.2, -0.15) is 0 Å². The molecule has 0 unspecified atom stereocenters. The Bertz CT molecular complexity index is 1200. The minimum absolute atomic E-state index is 0.106. The van der Waals surface area contributed by atoms with E-state index in [4.69, 9.17) is 19.0 Å². The second-order valence-electron chi connectivity index (χ2n) is 8.24. The zero-order valence-corrected chi connectivity index (χ0v) is 19.3. The Balaban J connectivity index is 1.76. The summed E-state index contributed by atoms with van der Waals surface area (Å²) >= 11 is 0. The van der Waals surface area contributed by atoms with Crippen LogP contribution < -0.4 is 15.1 Å². The Morgan fingerprint density at radius 2 is 1.76 bits per heavy atom. The fourth-order valence-electron chi connectivity index (χ4n) is 4.47. The molecule has 0 saturated carbocycles. The molecule has 0 spiro atoms. The largest absolute Gasteiger partial charge is 0.507 e. The van der Waals surface area contributed by atoms with Crippen molar-refractivity contribution in [3.8, 4) is 28.4 Å². The van der Waals surface area contributed by atoms with Gasteiger partial charge in [0.05, 0.1) is 32.0 Å². The van der Waals surface area contributed by atoms with Crippen molar-refractivity contribution in [1.82, 2.24) is 9.80 Å². The maximum atomic E-state index is 13.2. The number of hydrogen-bond donors (Lipinski definition) is 2. The molecule has 0 atom stereocenters. The molecule has 0 amide bonds. The fraction of sp³-hybridized carbons (Fsp3) is 0.400. The molecular weight excluding hydrogens is 424 g/mol. The van der Waals surface area contributed by atoms with Gasteiger partial charge in [-0.25, -0.2) is 4.79 Å². The number of rotatable bonds is 7. The van der Waals surface area contributed by atoms with Gasteiger partial charge in [0.15, 0.2) is 0 Å². The van der Waals surface area contributed by atoms with E-state index in [9.17, 15) is 9.90 Å². The van der Waals surface area contributed by atoms with Crippen LogP contribution in [0.5, 0.6) is 17.2 Å². The SMILES string of the molecule is COc1ccc(OC)c(-c2c(C)c3ccc(O)c(CN4CCN(CCO)CC4)c3oc2=O)c1. The Morgan fingerprint density at radius 3 is 2.42 bits per heavy atom. The number of aliphatic hydroxyl groups is 1. The first-order valence-corrected chi connectivity index (χ1v) is 11.0. The first kappa shape index (κ1) is 23.1. The van der Waals surface area contributed by atoms with Gasteiger partial charge in [0.1, 0.15) is 22.8 Å². The van der Waals surface area contributed by atoms with Gasteiger partial charge in [0.2, 0.25) is 0 Å². The van der Waals surface area contributed by atoms with Gasteiger partial charge >= 0.3 is 5.63 Å². The van der Waals surface area contributed by atoms with Crippen LogP contribution in [-0.4, -0.2) is 73.6 Å². The monoisotopic (exact) mass is 454 g/mol. The van der Waals surface area contributed by atoms with E-state index in [1.165, 1.54) is 0 Å². The molecule has 1 aliphatic heterocycles. The van der Waals surface area contributed by atoms with Crippen LogP contribution in [0.3, 0.4) is 0 Å². The van der Waals surface area contributed by atoms with E-state index in [-0.39, 0.29) is 12.4 Å². The van der Waals surface area contributed by atoms with Gasteiger partial charge in [-0.05, 0) is 42.8 Å². The molecule has 1 aliphatic rings. The van der Waals surface area contributed by atoms with Gasteiger partial charge in [0, 0.05) is 50.2 Å². The van der Waals surface area contributed by atoms with Crippen molar-refractivity contribution in [3.05, 3.63) is 51.9 Å². The van der Waals surface area contributed by atoms with Crippen LogP contribution in [0, 0.1) is 6.92 Å². The third-order valence-corrected chi connectivity index (χ3v) is 6.35. The highest BCUT2D eigenvalue weighted by atomic mass is 16.5. The lowest BCUT2D eigenvalue weighted by Crippen LogP contribution is -2.46. The molecule has 2 heterocycles. The predicted molar refractivity (Wildman–Crippen MR) is 126 cm³/mol. The van der Waals surface area contributed by atoms with Crippen LogP contribution in [0.1, 0.15) is 11.1 Å². The predicted octanol–water partition coefficient (Wildman–Crippen LogP) is 2.60. The summed E-state index contributed by atoms with van der Waals surface area (Å²) in [4.78, 5) is 17.6. The molecular formula is C25H30N2O6. The summed E-state index contributed by atoms with van der Waals surface area (Å²) in [5.41, 5.74) is 2.27. The second-order valence-corrected chi connectivity index (χ2v) is 8.24. The number of phenolic OH excluding ortho intramolecular Hbond substituents is 1. The minimum atomic E-state index is -0.494. The number of benzene rings is 2. The molecule has 8 nitrogen and oxygen atoms in total. The number of aliphatic hydroxyl groups excluding tert-OH is 1. The lowest BCUT2D eigenvalue weighted by atomic mass is 9.97. The lowest BCUT2D eigenvalue weighted by molar-refractivity contribution is 0.108. The number of methoxy groups -OCH3 is 2. The fourth-order valence-corrected chi connectivity index (χ4v) is 4.47. The zero-order valence-electron chi connectivity index (χ0n) is 19.3. The maximum absolute atomic E-state index is 13.2. The molecule has 0 bridgehead atoms. The van der Waals surface area contributed by atoms with Crippen molar-refractivity contribution in [2.45, 2.75) is 13.5 Å². The third kappa shape index (κ3) is 4.55. The van der Waals surface area contributed by atoms with Gasteiger partial charge in [-0.1, -0.05) is 0 Å². The number of nitrogens with zero attached hydrogens (tertiary/aromatic N) is 2. The molecule has 33 heavy (non-hydrogen) atoms. The number of ether oxygens (including phenoxy) is 2. The number of hydrogen-bond acceptors (Lipinski definition) is 8. The van der Waals surface area contributed by atoms with Crippen LogP contribution in [-0.2, 0) is 6.54 Å². The number of phenols is 1. The number of aryl methyl sites for hydroxylation is 1. The van der Waals surface area contributed by atoms with Crippen molar-refractivity contribution < 1.29 is 24.1 Å². The van der Waals surface area contributed by atoms with Gasteiger partial charge in [-0.3, -0.25) is 9.80 Å². The van der Waals surface area contributed by atoms with E-state index in [1.807, 2.05) is 6.92 Å². The van der Waals surface area contributed by atoms with Gasteiger partial charge < -0.3 is 24.1 Å². The van der Waals surface area contributed by atoms with Crippen molar-refractivity contribution in [2.24, 2.45) is 0 Å². The molecule has 8 heteroatoms. The smallest absolute Gasteiger partial charge is 0.344 e. The van der Waals surface area contributed by atoms with E-state index < -0.39 is 5.63 Å². The maximum Gasteiger partial charge on any atom is 0.344 e. The Hall–Kier alpha value is -3.07. The zero-order chi connectivity index (χ0) is 23.5. The molecule has 2 N–H and O–H groups in total. The van der Waals surface area contributed by atoms with Crippen LogP contribution in [0.2, 0.25) is 0 Å². The summed E-state index contributed by atoms with van der Waals surface area (Å²) in [6.45, 7) is 6.45. The molecule has 3 aromatic rings. The molecule has 4 rings (SSSR count). The van der Waals surface area contributed by atoms with E-state index >= 15 is 0 Å². The Morgan fingerprint density at radius 1 is 1.03 bits per heavy atom. The van der Waals surface area contributed by atoms with E-state index in [0.717, 1.165) is 37.1 Å². The summed E-state index contributed by atoms with van der Waals surface area (Å²) in [7, 11) is 3.12. The summed E-state index contributed by atoms with van der Waals surface area (Å²) < 4.78 is 16.7. The second kappa shape index (κ2) is 9.82. The van der Waals surface area contributed by atoms with Crippen LogP contribution in [0.25, 0.3) is 22.1 Å². The molecule has 176 valence electrons. The highest BCUT2D eigenvalue weighted by Gasteiger charge is 2.23. The van der Waals surface area contributed by atoms with Gasteiger partial charge in [0.25, 0.3) is 0 Å².